The Morgan fingerprint density at radius 3 is 2.35 bits per heavy atom. The molecule has 1 saturated carbocycles. The SMILES string of the molecule is CC(CN1CCCC1)C(=O)NC1(CN2CCOCC2)CCCC1. The molecule has 2 aliphatic heterocycles. The first-order valence-corrected chi connectivity index (χ1v) is 9.51. The maximum absolute atomic E-state index is 12.8. The van der Waals surface area contributed by atoms with Crippen molar-refractivity contribution in [2.24, 2.45) is 5.92 Å². The lowest BCUT2D eigenvalue weighted by molar-refractivity contribution is -0.127. The number of hydrogen-bond donors (Lipinski definition) is 1. The maximum atomic E-state index is 12.8. The van der Waals surface area contributed by atoms with Crippen molar-refractivity contribution in [3.63, 3.8) is 0 Å². The normalized spacial score (nSPS) is 27.2. The van der Waals surface area contributed by atoms with Crippen LogP contribution in [0.25, 0.3) is 0 Å². The molecule has 0 aromatic rings. The van der Waals surface area contributed by atoms with Gasteiger partial charge in [-0.25, -0.2) is 0 Å². The molecule has 0 aromatic heterocycles. The molecule has 0 aromatic carbocycles. The van der Waals surface area contributed by atoms with E-state index in [-0.39, 0.29) is 17.4 Å². The molecular formula is C18H33N3O2. The van der Waals surface area contributed by atoms with Gasteiger partial charge in [-0.3, -0.25) is 9.69 Å². The van der Waals surface area contributed by atoms with Crippen LogP contribution in [0.1, 0.15) is 45.4 Å². The first kappa shape index (κ1) is 17.2. The minimum Gasteiger partial charge on any atom is -0.379 e. The van der Waals surface area contributed by atoms with Crippen LogP contribution in [0.3, 0.4) is 0 Å². The number of amides is 1. The van der Waals surface area contributed by atoms with Crippen LogP contribution in [0.4, 0.5) is 0 Å². The summed E-state index contributed by atoms with van der Waals surface area (Å²) >= 11 is 0. The Balaban J connectivity index is 1.53. The number of rotatable bonds is 6. The van der Waals surface area contributed by atoms with Crippen molar-refractivity contribution in [2.45, 2.75) is 51.0 Å². The van der Waals surface area contributed by atoms with E-state index in [4.69, 9.17) is 4.74 Å². The first-order valence-electron chi connectivity index (χ1n) is 9.51. The molecule has 0 spiro atoms. The van der Waals surface area contributed by atoms with Gasteiger partial charge in [-0.1, -0.05) is 19.8 Å². The van der Waals surface area contributed by atoms with Crippen molar-refractivity contribution in [1.29, 1.82) is 0 Å². The largest absolute Gasteiger partial charge is 0.379 e. The lowest BCUT2D eigenvalue weighted by Gasteiger charge is -2.38. The monoisotopic (exact) mass is 323 g/mol. The Kier molecular flexibility index (Phi) is 5.94. The second kappa shape index (κ2) is 7.95. The fourth-order valence-corrected chi connectivity index (χ4v) is 4.38. The average molecular weight is 323 g/mol. The molecule has 2 saturated heterocycles. The van der Waals surface area contributed by atoms with Gasteiger partial charge in [0.1, 0.15) is 0 Å². The van der Waals surface area contributed by atoms with Gasteiger partial charge in [-0.05, 0) is 38.8 Å². The van der Waals surface area contributed by atoms with Gasteiger partial charge >= 0.3 is 0 Å². The second-order valence-corrected chi connectivity index (χ2v) is 7.77. The van der Waals surface area contributed by atoms with Crippen LogP contribution in [0.2, 0.25) is 0 Å². The standard InChI is InChI=1S/C18H33N3O2/c1-16(14-20-8-4-5-9-20)17(22)19-18(6-2-3-7-18)15-21-10-12-23-13-11-21/h16H,2-15H2,1H3,(H,19,22). The van der Waals surface area contributed by atoms with Gasteiger partial charge in [-0.2, -0.15) is 0 Å². The Morgan fingerprint density at radius 1 is 1.04 bits per heavy atom. The molecule has 3 fully saturated rings. The predicted molar refractivity (Wildman–Crippen MR) is 91.4 cm³/mol. The van der Waals surface area contributed by atoms with Gasteiger partial charge in [0, 0.05) is 32.1 Å². The molecule has 5 heteroatoms. The number of nitrogens with one attached hydrogen (secondary N) is 1. The van der Waals surface area contributed by atoms with Gasteiger partial charge in [0.25, 0.3) is 0 Å². The summed E-state index contributed by atoms with van der Waals surface area (Å²) in [5.74, 6) is 0.349. The van der Waals surface area contributed by atoms with E-state index in [0.29, 0.717) is 0 Å². The van der Waals surface area contributed by atoms with Gasteiger partial charge in [0.05, 0.1) is 18.8 Å². The Labute approximate surface area is 140 Å². The molecule has 132 valence electrons. The van der Waals surface area contributed by atoms with E-state index < -0.39 is 0 Å². The van der Waals surface area contributed by atoms with Crippen molar-refractivity contribution < 1.29 is 9.53 Å². The molecule has 5 nitrogen and oxygen atoms in total. The van der Waals surface area contributed by atoms with Crippen LogP contribution >= 0.6 is 0 Å². The third-order valence-electron chi connectivity index (χ3n) is 5.76. The molecule has 1 atom stereocenters. The molecular weight excluding hydrogens is 290 g/mol. The minimum atomic E-state index is 0.00763. The summed E-state index contributed by atoms with van der Waals surface area (Å²) in [6.07, 6.45) is 7.32. The topological polar surface area (TPSA) is 44.8 Å². The molecule has 23 heavy (non-hydrogen) atoms. The fraction of sp³-hybridized carbons (Fsp3) is 0.944. The van der Waals surface area contributed by atoms with E-state index in [0.717, 1.165) is 65.3 Å². The van der Waals surface area contributed by atoms with E-state index in [9.17, 15) is 4.79 Å². The Morgan fingerprint density at radius 2 is 1.70 bits per heavy atom. The van der Waals surface area contributed by atoms with Gasteiger partial charge < -0.3 is 15.0 Å². The number of ether oxygens (including phenoxy) is 1. The molecule has 3 aliphatic rings. The van der Waals surface area contributed by atoms with E-state index in [1.165, 1.54) is 25.7 Å². The van der Waals surface area contributed by atoms with Crippen LogP contribution < -0.4 is 5.32 Å². The van der Waals surface area contributed by atoms with Crippen LogP contribution in [0.5, 0.6) is 0 Å². The van der Waals surface area contributed by atoms with Crippen molar-refractivity contribution in [2.75, 3.05) is 52.5 Å². The summed E-state index contributed by atoms with van der Waals surface area (Å²) in [6, 6.07) is 0. The number of carbonyl (C=O) groups is 1. The summed E-state index contributed by atoms with van der Waals surface area (Å²) in [6.45, 7) is 9.99. The number of likely N-dealkylation sites (tertiary alicyclic amines) is 1. The molecule has 3 rings (SSSR count). The zero-order chi connectivity index (χ0) is 16.1. The summed E-state index contributed by atoms with van der Waals surface area (Å²) in [5.41, 5.74) is 0.00763. The van der Waals surface area contributed by atoms with E-state index in [2.05, 4.69) is 22.0 Å². The van der Waals surface area contributed by atoms with Crippen molar-refractivity contribution in [3.05, 3.63) is 0 Å². The lowest BCUT2D eigenvalue weighted by Crippen LogP contribution is -2.57. The predicted octanol–water partition coefficient (Wildman–Crippen LogP) is 1.48. The quantitative estimate of drug-likeness (QED) is 0.804. The minimum absolute atomic E-state index is 0.00763. The van der Waals surface area contributed by atoms with E-state index in [1.807, 2.05) is 0 Å². The third-order valence-corrected chi connectivity index (χ3v) is 5.76. The first-order chi connectivity index (χ1) is 11.2. The third kappa shape index (κ3) is 4.68. The zero-order valence-electron chi connectivity index (χ0n) is 14.7. The summed E-state index contributed by atoms with van der Waals surface area (Å²) in [4.78, 5) is 17.7. The summed E-state index contributed by atoms with van der Waals surface area (Å²) in [5, 5.41) is 3.47. The van der Waals surface area contributed by atoms with Crippen molar-refractivity contribution >= 4 is 5.91 Å². The fourth-order valence-electron chi connectivity index (χ4n) is 4.38. The highest BCUT2D eigenvalue weighted by Crippen LogP contribution is 2.31. The highest BCUT2D eigenvalue weighted by Gasteiger charge is 2.38. The highest BCUT2D eigenvalue weighted by molar-refractivity contribution is 5.79. The molecule has 1 amide bonds. The molecule has 1 N–H and O–H groups in total. The van der Waals surface area contributed by atoms with Gasteiger partial charge in [0.2, 0.25) is 5.91 Å². The second-order valence-electron chi connectivity index (χ2n) is 7.77. The molecule has 0 radical (unpaired) electrons. The number of morpholine rings is 1. The highest BCUT2D eigenvalue weighted by atomic mass is 16.5. The van der Waals surface area contributed by atoms with Crippen LogP contribution in [0.15, 0.2) is 0 Å². The van der Waals surface area contributed by atoms with Crippen molar-refractivity contribution in [1.82, 2.24) is 15.1 Å². The number of carbonyl (C=O) groups excluding carboxylic acids is 1. The van der Waals surface area contributed by atoms with Gasteiger partial charge in [-0.15, -0.1) is 0 Å². The Hall–Kier alpha value is -0.650. The summed E-state index contributed by atoms with van der Waals surface area (Å²) in [7, 11) is 0. The van der Waals surface area contributed by atoms with Gasteiger partial charge in [0.15, 0.2) is 0 Å². The molecule has 2 heterocycles. The zero-order valence-corrected chi connectivity index (χ0v) is 14.7. The van der Waals surface area contributed by atoms with E-state index >= 15 is 0 Å². The molecule has 0 bridgehead atoms. The van der Waals surface area contributed by atoms with Crippen LogP contribution in [-0.4, -0.2) is 73.7 Å². The smallest absolute Gasteiger partial charge is 0.224 e. The molecule has 1 unspecified atom stereocenters. The lowest BCUT2D eigenvalue weighted by atomic mass is 9.95. The average Bonchev–Trinajstić information content (AvgIpc) is 3.20. The number of hydrogen-bond acceptors (Lipinski definition) is 4. The molecule has 1 aliphatic carbocycles. The maximum Gasteiger partial charge on any atom is 0.224 e. The summed E-state index contributed by atoms with van der Waals surface area (Å²) < 4.78 is 5.46. The Bertz CT molecular complexity index is 384. The number of nitrogens with zero attached hydrogens (tertiary/aromatic N) is 2. The van der Waals surface area contributed by atoms with Crippen LogP contribution in [0, 0.1) is 5.92 Å². The van der Waals surface area contributed by atoms with Crippen molar-refractivity contribution in [3.8, 4) is 0 Å². The van der Waals surface area contributed by atoms with E-state index in [1.54, 1.807) is 0 Å². The van der Waals surface area contributed by atoms with Crippen LogP contribution in [-0.2, 0) is 9.53 Å².